The molecule has 1 aromatic heterocycles. The summed E-state index contributed by atoms with van der Waals surface area (Å²) >= 11 is 0. The second-order valence-corrected chi connectivity index (χ2v) is 5.97. The zero-order chi connectivity index (χ0) is 17.6. The van der Waals surface area contributed by atoms with Gasteiger partial charge in [-0.2, -0.15) is 0 Å². The number of benzene rings is 2. The number of aromatic nitrogens is 1. The highest BCUT2D eigenvalue weighted by Gasteiger charge is 2.09. The molecule has 1 unspecified atom stereocenters. The molecular formula is C19H21N3O3. The predicted octanol–water partition coefficient (Wildman–Crippen LogP) is 3.31. The van der Waals surface area contributed by atoms with Gasteiger partial charge >= 0.3 is 6.03 Å². The molecule has 0 saturated carbocycles. The van der Waals surface area contributed by atoms with Crippen molar-refractivity contribution >= 4 is 22.8 Å². The van der Waals surface area contributed by atoms with Gasteiger partial charge in [0.05, 0.1) is 6.10 Å². The van der Waals surface area contributed by atoms with Gasteiger partial charge in [0.2, 0.25) is 0 Å². The number of aliphatic hydroxyl groups excluding tert-OH is 1. The molecule has 3 N–H and O–H groups in total. The molecular weight excluding hydrogens is 318 g/mol. The van der Waals surface area contributed by atoms with Gasteiger partial charge < -0.3 is 20.2 Å². The summed E-state index contributed by atoms with van der Waals surface area (Å²) in [5, 5.41) is 14.6. The molecule has 3 aromatic rings. The van der Waals surface area contributed by atoms with Gasteiger partial charge in [-0.1, -0.05) is 30.3 Å². The van der Waals surface area contributed by atoms with E-state index >= 15 is 0 Å². The van der Waals surface area contributed by atoms with Crippen LogP contribution in [-0.2, 0) is 6.42 Å². The summed E-state index contributed by atoms with van der Waals surface area (Å²) in [6.07, 6.45) is 0.698. The highest BCUT2D eigenvalue weighted by atomic mass is 16.3. The SMILES string of the molecule is CC(O)CCNC(=O)Nc1ccc2nc(Cc3ccccc3)oc2c1. The Balaban J connectivity index is 1.65. The minimum Gasteiger partial charge on any atom is -0.440 e. The normalized spacial score (nSPS) is 12.1. The molecule has 2 amide bonds. The minimum absolute atomic E-state index is 0.316. The summed E-state index contributed by atoms with van der Waals surface area (Å²) in [6, 6.07) is 15.0. The van der Waals surface area contributed by atoms with Gasteiger partial charge in [0.25, 0.3) is 0 Å². The fourth-order valence-corrected chi connectivity index (χ4v) is 2.47. The van der Waals surface area contributed by atoms with E-state index in [4.69, 9.17) is 4.42 Å². The highest BCUT2D eigenvalue weighted by Crippen LogP contribution is 2.21. The number of oxazole rings is 1. The molecule has 6 nitrogen and oxygen atoms in total. The summed E-state index contributed by atoms with van der Waals surface area (Å²) < 4.78 is 5.79. The molecule has 0 aliphatic heterocycles. The first-order valence-electron chi connectivity index (χ1n) is 8.26. The van der Waals surface area contributed by atoms with E-state index in [0.717, 1.165) is 11.1 Å². The van der Waals surface area contributed by atoms with Crippen LogP contribution in [0.25, 0.3) is 11.1 Å². The van der Waals surface area contributed by atoms with Gasteiger partial charge in [0.1, 0.15) is 5.52 Å². The number of urea groups is 1. The van der Waals surface area contributed by atoms with E-state index in [-0.39, 0.29) is 6.03 Å². The van der Waals surface area contributed by atoms with E-state index < -0.39 is 6.10 Å². The number of nitrogens with one attached hydrogen (secondary N) is 2. The lowest BCUT2D eigenvalue weighted by atomic mass is 10.1. The number of carbonyl (C=O) groups excluding carboxylic acids is 1. The fraction of sp³-hybridized carbons (Fsp3) is 0.263. The van der Waals surface area contributed by atoms with Crippen molar-refractivity contribution in [2.45, 2.75) is 25.9 Å². The van der Waals surface area contributed by atoms with Gasteiger partial charge in [-0.3, -0.25) is 0 Å². The molecule has 0 bridgehead atoms. The fourth-order valence-electron chi connectivity index (χ4n) is 2.47. The number of fused-ring (bicyclic) bond motifs is 1. The van der Waals surface area contributed by atoms with E-state index in [2.05, 4.69) is 15.6 Å². The Morgan fingerprint density at radius 2 is 2.04 bits per heavy atom. The first-order valence-corrected chi connectivity index (χ1v) is 8.26. The minimum atomic E-state index is -0.436. The van der Waals surface area contributed by atoms with Crippen molar-refractivity contribution in [3.05, 3.63) is 60.0 Å². The van der Waals surface area contributed by atoms with Crippen molar-refractivity contribution in [2.75, 3.05) is 11.9 Å². The summed E-state index contributed by atoms with van der Waals surface area (Å²) in [4.78, 5) is 16.3. The third-order valence-corrected chi connectivity index (χ3v) is 3.74. The Morgan fingerprint density at radius 1 is 1.24 bits per heavy atom. The maximum Gasteiger partial charge on any atom is 0.319 e. The van der Waals surface area contributed by atoms with Crippen LogP contribution in [0.2, 0.25) is 0 Å². The van der Waals surface area contributed by atoms with Crippen LogP contribution in [0.3, 0.4) is 0 Å². The molecule has 0 spiro atoms. The first-order chi connectivity index (χ1) is 12.1. The monoisotopic (exact) mass is 339 g/mol. The van der Waals surface area contributed by atoms with E-state index in [9.17, 15) is 9.90 Å². The number of anilines is 1. The maximum absolute atomic E-state index is 11.8. The molecule has 130 valence electrons. The molecule has 0 radical (unpaired) electrons. The summed E-state index contributed by atoms with van der Waals surface area (Å²) in [7, 11) is 0. The lowest BCUT2D eigenvalue weighted by molar-refractivity contribution is 0.184. The molecule has 1 heterocycles. The molecule has 0 saturated heterocycles. The standard InChI is InChI=1S/C19H21N3O3/c1-13(23)9-10-20-19(24)21-15-7-8-16-17(12-15)25-18(22-16)11-14-5-3-2-4-6-14/h2-8,12-13,23H,9-11H2,1H3,(H2,20,21,24). The largest absolute Gasteiger partial charge is 0.440 e. The van der Waals surface area contributed by atoms with Gasteiger partial charge in [-0.05, 0) is 31.0 Å². The number of amides is 2. The number of hydrogen-bond donors (Lipinski definition) is 3. The van der Waals surface area contributed by atoms with Gasteiger partial charge in [0.15, 0.2) is 11.5 Å². The van der Waals surface area contributed by atoms with Crippen molar-refractivity contribution in [3.63, 3.8) is 0 Å². The Labute approximate surface area is 145 Å². The zero-order valence-corrected chi connectivity index (χ0v) is 14.0. The molecule has 0 aliphatic rings. The summed E-state index contributed by atoms with van der Waals surface area (Å²) in [5.74, 6) is 0.639. The topological polar surface area (TPSA) is 87.4 Å². The van der Waals surface area contributed by atoms with Crippen LogP contribution in [0.4, 0.5) is 10.5 Å². The third-order valence-electron chi connectivity index (χ3n) is 3.74. The molecule has 0 fully saturated rings. The maximum atomic E-state index is 11.8. The second-order valence-electron chi connectivity index (χ2n) is 5.97. The number of hydrogen-bond acceptors (Lipinski definition) is 4. The van der Waals surface area contributed by atoms with Gasteiger partial charge in [-0.25, -0.2) is 9.78 Å². The lowest BCUT2D eigenvalue weighted by Crippen LogP contribution is -2.30. The third kappa shape index (κ3) is 4.81. The van der Waals surface area contributed by atoms with Gasteiger partial charge in [0, 0.05) is 24.7 Å². The molecule has 1 atom stereocenters. The Bertz CT molecular complexity index is 844. The smallest absolute Gasteiger partial charge is 0.319 e. The Kier molecular flexibility index (Phi) is 5.30. The van der Waals surface area contributed by atoms with Crippen LogP contribution in [0.15, 0.2) is 52.9 Å². The summed E-state index contributed by atoms with van der Waals surface area (Å²) in [5.41, 5.74) is 3.15. The molecule has 3 rings (SSSR count). The number of carbonyl (C=O) groups is 1. The van der Waals surface area contributed by atoms with E-state index in [1.54, 1.807) is 19.1 Å². The van der Waals surface area contributed by atoms with Crippen molar-refractivity contribution < 1.29 is 14.3 Å². The Morgan fingerprint density at radius 3 is 2.80 bits per heavy atom. The first kappa shape index (κ1) is 17.0. The van der Waals surface area contributed by atoms with Crippen molar-refractivity contribution in [1.29, 1.82) is 0 Å². The van der Waals surface area contributed by atoms with Crippen LogP contribution in [-0.4, -0.2) is 28.8 Å². The van der Waals surface area contributed by atoms with Crippen LogP contribution in [0.1, 0.15) is 24.8 Å². The average molecular weight is 339 g/mol. The molecule has 0 aliphatic carbocycles. The van der Waals surface area contributed by atoms with Crippen LogP contribution < -0.4 is 10.6 Å². The Hall–Kier alpha value is -2.86. The summed E-state index contributed by atoms with van der Waals surface area (Å²) in [6.45, 7) is 2.10. The van der Waals surface area contributed by atoms with E-state index in [0.29, 0.717) is 36.5 Å². The van der Waals surface area contributed by atoms with Crippen molar-refractivity contribution in [1.82, 2.24) is 10.3 Å². The van der Waals surface area contributed by atoms with E-state index in [1.165, 1.54) is 0 Å². The highest BCUT2D eigenvalue weighted by molar-refractivity contribution is 5.91. The lowest BCUT2D eigenvalue weighted by Gasteiger charge is -2.08. The van der Waals surface area contributed by atoms with Crippen LogP contribution in [0, 0.1) is 0 Å². The number of nitrogens with zero attached hydrogens (tertiary/aromatic N) is 1. The second kappa shape index (κ2) is 7.81. The molecule has 6 heteroatoms. The number of aliphatic hydroxyl groups is 1. The van der Waals surface area contributed by atoms with Gasteiger partial charge in [-0.15, -0.1) is 0 Å². The van der Waals surface area contributed by atoms with Crippen molar-refractivity contribution in [3.8, 4) is 0 Å². The quantitative estimate of drug-likeness (QED) is 0.643. The van der Waals surface area contributed by atoms with Crippen molar-refractivity contribution in [2.24, 2.45) is 0 Å². The zero-order valence-electron chi connectivity index (χ0n) is 14.0. The van der Waals surface area contributed by atoms with E-state index in [1.807, 2.05) is 36.4 Å². The molecule has 25 heavy (non-hydrogen) atoms. The average Bonchev–Trinajstić information content (AvgIpc) is 2.97. The van der Waals surface area contributed by atoms with Crippen LogP contribution >= 0.6 is 0 Å². The number of rotatable bonds is 6. The molecule has 2 aromatic carbocycles. The van der Waals surface area contributed by atoms with Crippen LogP contribution in [0.5, 0.6) is 0 Å². The predicted molar refractivity (Wildman–Crippen MR) is 96.6 cm³/mol.